The average Bonchev–Trinajstić information content (AvgIpc) is 3.20. The third-order valence-electron chi connectivity index (χ3n) is 5.69. The lowest BCUT2D eigenvalue weighted by atomic mass is 9.90. The zero-order valence-electron chi connectivity index (χ0n) is 15.8. The maximum atomic E-state index is 12.7. The van der Waals surface area contributed by atoms with Crippen molar-refractivity contribution < 1.29 is 19.5 Å². The SMILES string of the molecule is CC1CC(C(=O)O)CN(C(=O)c2ccc(CNC(=O)C3CCCC3)cc2)C1. The number of likely N-dealkylation sites (tertiary alicyclic amines) is 1. The van der Waals surface area contributed by atoms with Crippen molar-refractivity contribution in [2.24, 2.45) is 17.8 Å². The summed E-state index contributed by atoms with van der Waals surface area (Å²) < 4.78 is 0. The van der Waals surface area contributed by atoms with Gasteiger partial charge in [0.1, 0.15) is 0 Å². The second kappa shape index (κ2) is 8.55. The molecular weight excluding hydrogens is 344 g/mol. The van der Waals surface area contributed by atoms with Gasteiger partial charge in [0, 0.05) is 31.1 Å². The minimum Gasteiger partial charge on any atom is -0.481 e. The van der Waals surface area contributed by atoms with Crippen molar-refractivity contribution in [2.75, 3.05) is 13.1 Å². The Morgan fingerprint density at radius 2 is 1.74 bits per heavy atom. The monoisotopic (exact) mass is 372 g/mol. The summed E-state index contributed by atoms with van der Waals surface area (Å²) in [5.74, 6) is -1.03. The Bertz CT molecular complexity index is 695. The maximum Gasteiger partial charge on any atom is 0.308 e. The van der Waals surface area contributed by atoms with Gasteiger partial charge in [0.15, 0.2) is 0 Å². The van der Waals surface area contributed by atoms with Crippen LogP contribution in [0.25, 0.3) is 0 Å². The lowest BCUT2D eigenvalue weighted by Crippen LogP contribution is -2.45. The highest BCUT2D eigenvalue weighted by molar-refractivity contribution is 5.94. The van der Waals surface area contributed by atoms with Crippen molar-refractivity contribution in [3.05, 3.63) is 35.4 Å². The van der Waals surface area contributed by atoms with E-state index in [2.05, 4.69) is 5.32 Å². The van der Waals surface area contributed by atoms with Gasteiger partial charge in [0.05, 0.1) is 5.92 Å². The molecule has 2 N–H and O–H groups in total. The smallest absolute Gasteiger partial charge is 0.308 e. The number of carboxylic acids is 1. The van der Waals surface area contributed by atoms with Crippen LogP contribution in [0.1, 0.15) is 54.9 Å². The summed E-state index contributed by atoms with van der Waals surface area (Å²) >= 11 is 0. The van der Waals surface area contributed by atoms with E-state index in [1.165, 1.54) is 0 Å². The fraction of sp³-hybridized carbons (Fsp3) is 0.571. The summed E-state index contributed by atoms with van der Waals surface area (Å²) in [5, 5.41) is 12.2. The molecule has 0 spiro atoms. The van der Waals surface area contributed by atoms with Crippen LogP contribution in [0.15, 0.2) is 24.3 Å². The molecule has 146 valence electrons. The molecule has 1 aliphatic carbocycles. The number of hydrogen-bond donors (Lipinski definition) is 2. The first-order valence-electron chi connectivity index (χ1n) is 9.82. The van der Waals surface area contributed by atoms with Crippen LogP contribution in [0, 0.1) is 17.8 Å². The van der Waals surface area contributed by atoms with Crippen LogP contribution in [0.5, 0.6) is 0 Å². The third-order valence-corrected chi connectivity index (χ3v) is 5.69. The molecule has 1 heterocycles. The molecule has 0 bridgehead atoms. The van der Waals surface area contributed by atoms with Crippen molar-refractivity contribution >= 4 is 17.8 Å². The summed E-state index contributed by atoms with van der Waals surface area (Å²) in [6.45, 7) is 3.29. The average molecular weight is 372 g/mol. The third kappa shape index (κ3) is 4.87. The molecule has 2 unspecified atom stereocenters. The van der Waals surface area contributed by atoms with E-state index in [1.807, 2.05) is 19.1 Å². The number of nitrogens with zero attached hydrogens (tertiary/aromatic N) is 1. The predicted molar refractivity (Wildman–Crippen MR) is 101 cm³/mol. The lowest BCUT2D eigenvalue weighted by molar-refractivity contribution is -0.143. The highest BCUT2D eigenvalue weighted by Crippen LogP contribution is 2.25. The second-order valence-corrected chi connectivity index (χ2v) is 7.98. The minimum absolute atomic E-state index is 0.120. The summed E-state index contributed by atoms with van der Waals surface area (Å²) in [6.07, 6.45) is 4.83. The van der Waals surface area contributed by atoms with Gasteiger partial charge in [-0.2, -0.15) is 0 Å². The Hall–Kier alpha value is -2.37. The van der Waals surface area contributed by atoms with E-state index in [4.69, 9.17) is 0 Å². The molecule has 1 aromatic rings. The van der Waals surface area contributed by atoms with Crippen LogP contribution >= 0.6 is 0 Å². The molecule has 0 aromatic heterocycles. The molecule has 3 rings (SSSR count). The molecular formula is C21H28N2O4. The Kier molecular flexibility index (Phi) is 6.14. The highest BCUT2D eigenvalue weighted by Gasteiger charge is 2.32. The first-order chi connectivity index (χ1) is 12.9. The van der Waals surface area contributed by atoms with E-state index in [0.29, 0.717) is 25.1 Å². The topological polar surface area (TPSA) is 86.7 Å². The maximum absolute atomic E-state index is 12.7. The fourth-order valence-electron chi connectivity index (χ4n) is 4.17. The summed E-state index contributed by atoms with van der Waals surface area (Å²) in [7, 11) is 0. The molecule has 27 heavy (non-hydrogen) atoms. The molecule has 2 aliphatic rings. The molecule has 2 atom stereocenters. The highest BCUT2D eigenvalue weighted by atomic mass is 16.4. The molecule has 2 fully saturated rings. The Balaban J connectivity index is 1.56. The van der Waals surface area contributed by atoms with Crippen LogP contribution < -0.4 is 5.32 Å². The van der Waals surface area contributed by atoms with Crippen molar-refractivity contribution in [1.82, 2.24) is 10.2 Å². The summed E-state index contributed by atoms with van der Waals surface area (Å²) in [6, 6.07) is 7.22. The van der Waals surface area contributed by atoms with E-state index in [1.54, 1.807) is 17.0 Å². The van der Waals surface area contributed by atoms with Crippen molar-refractivity contribution in [3.63, 3.8) is 0 Å². The first-order valence-corrected chi connectivity index (χ1v) is 9.82. The van der Waals surface area contributed by atoms with Gasteiger partial charge in [-0.1, -0.05) is 31.9 Å². The van der Waals surface area contributed by atoms with Gasteiger partial charge < -0.3 is 15.3 Å². The molecule has 6 nitrogen and oxygen atoms in total. The van der Waals surface area contributed by atoms with Gasteiger partial charge in [-0.15, -0.1) is 0 Å². The largest absolute Gasteiger partial charge is 0.481 e. The number of rotatable bonds is 5. The Morgan fingerprint density at radius 3 is 2.37 bits per heavy atom. The second-order valence-electron chi connectivity index (χ2n) is 7.98. The zero-order chi connectivity index (χ0) is 19.4. The number of carbonyl (C=O) groups is 3. The number of benzene rings is 1. The van der Waals surface area contributed by atoms with Crippen molar-refractivity contribution in [3.8, 4) is 0 Å². The standard InChI is InChI=1S/C21H28N2O4/c1-14-10-18(21(26)27)13-23(12-14)20(25)17-8-6-15(7-9-17)11-22-19(24)16-4-2-3-5-16/h6-9,14,16,18H,2-5,10-13H2,1H3,(H,22,24)(H,26,27). The number of aliphatic carboxylic acids is 1. The van der Waals surface area contributed by atoms with E-state index in [9.17, 15) is 19.5 Å². The number of amides is 2. The van der Waals surface area contributed by atoms with Gasteiger partial charge in [-0.3, -0.25) is 14.4 Å². The van der Waals surface area contributed by atoms with Gasteiger partial charge in [0.2, 0.25) is 5.91 Å². The summed E-state index contributed by atoms with van der Waals surface area (Å²) in [5.41, 5.74) is 1.51. The number of carboxylic acid groups (broad SMARTS) is 1. The quantitative estimate of drug-likeness (QED) is 0.832. The van der Waals surface area contributed by atoms with E-state index in [-0.39, 0.29) is 30.2 Å². The molecule has 1 saturated carbocycles. The first kappa shape index (κ1) is 19.4. The van der Waals surface area contributed by atoms with Crippen LogP contribution in [0.3, 0.4) is 0 Å². The number of piperidine rings is 1. The molecule has 1 aromatic carbocycles. The van der Waals surface area contributed by atoms with E-state index in [0.717, 1.165) is 31.2 Å². The van der Waals surface area contributed by atoms with Gasteiger partial charge in [-0.25, -0.2) is 0 Å². The Labute approximate surface area is 159 Å². The number of nitrogens with one attached hydrogen (secondary N) is 1. The number of carbonyl (C=O) groups excluding carboxylic acids is 2. The van der Waals surface area contributed by atoms with E-state index < -0.39 is 11.9 Å². The van der Waals surface area contributed by atoms with E-state index >= 15 is 0 Å². The molecule has 1 aliphatic heterocycles. The lowest BCUT2D eigenvalue weighted by Gasteiger charge is -2.34. The zero-order valence-corrected chi connectivity index (χ0v) is 15.8. The van der Waals surface area contributed by atoms with Gasteiger partial charge in [0.25, 0.3) is 5.91 Å². The predicted octanol–water partition coefficient (Wildman–Crippen LogP) is 2.68. The van der Waals surface area contributed by atoms with Crippen LogP contribution in [-0.2, 0) is 16.1 Å². The van der Waals surface area contributed by atoms with Crippen LogP contribution in [0.4, 0.5) is 0 Å². The summed E-state index contributed by atoms with van der Waals surface area (Å²) in [4.78, 5) is 37.8. The van der Waals surface area contributed by atoms with Gasteiger partial charge >= 0.3 is 5.97 Å². The van der Waals surface area contributed by atoms with Crippen molar-refractivity contribution in [2.45, 2.75) is 45.6 Å². The number of hydrogen-bond acceptors (Lipinski definition) is 3. The molecule has 2 amide bonds. The van der Waals surface area contributed by atoms with Crippen LogP contribution in [0.2, 0.25) is 0 Å². The molecule has 1 saturated heterocycles. The molecule has 6 heteroatoms. The van der Waals surface area contributed by atoms with Crippen LogP contribution in [-0.4, -0.2) is 40.9 Å². The Morgan fingerprint density at radius 1 is 1.07 bits per heavy atom. The molecule has 0 radical (unpaired) electrons. The van der Waals surface area contributed by atoms with Crippen molar-refractivity contribution in [1.29, 1.82) is 0 Å². The van der Waals surface area contributed by atoms with Gasteiger partial charge in [-0.05, 0) is 42.9 Å². The fourth-order valence-corrected chi connectivity index (χ4v) is 4.17. The minimum atomic E-state index is -0.840. The normalized spacial score (nSPS) is 23.2.